The molecular weight excluding hydrogens is 328 g/mol. The Morgan fingerprint density at radius 1 is 0.923 bits per heavy atom. The summed E-state index contributed by atoms with van der Waals surface area (Å²) < 4.78 is 6.88. The molecule has 1 aromatic heterocycles. The summed E-state index contributed by atoms with van der Waals surface area (Å²) >= 11 is 0. The summed E-state index contributed by atoms with van der Waals surface area (Å²) in [6, 6.07) is 15.3. The third kappa shape index (κ3) is 1.97. The van der Waals surface area contributed by atoms with Crippen molar-refractivity contribution in [1.82, 2.24) is 9.88 Å². The smallest absolute Gasteiger partial charge is 0.349 e. The van der Waals surface area contributed by atoms with Crippen molar-refractivity contribution in [2.75, 3.05) is 0 Å². The molecule has 0 atom stereocenters. The molecule has 0 fully saturated rings. The molecule has 2 aliphatic rings. The fourth-order valence-corrected chi connectivity index (χ4v) is 3.56. The summed E-state index contributed by atoms with van der Waals surface area (Å²) in [5.41, 5.74) is 4.31. The summed E-state index contributed by atoms with van der Waals surface area (Å²) in [6.45, 7) is 0. The fourth-order valence-electron chi connectivity index (χ4n) is 3.56. The van der Waals surface area contributed by atoms with E-state index in [9.17, 15) is 9.59 Å². The van der Waals surface area contributed by atoms with E-state index in [1.54, 1.807) is 0 Å². The van der Waals surface area contributed by atoms with Crippen LogP contribution in [0, 0.1) is 0 Å². The molecule has 0 saturated carbocycles. The van der Waals surface area contributed by atoms with E-state index in [0.29, 0.717) is 11.3 Å². The molecular formula is C21H13N2O3. The lowest BCUT2D eigenvalue weighted by Gasteiger charge is -2.03. The summed E-state index contributed by atoms with van der Waals surface area (Å²) in [5.74, 6) is -1.28. The Hall–Kier alpha value is -3.60. The van der Waals surface area contributed by atoms with Crippen molar-refractivity contribution in [3.63, 3.8) is 0 Å². The van der Waals surface area contributed by atoms with Gasteiger partial charge in [-0.1, -0.05) is 36.4 Å². The number of aryl methyl sites for hydroxylation is 1. The van der Waals surface area contributed by atoms with Gasteiger partial charge < -0.3 is 9.30 Å². The molecule has 0 bridgehead atoms. The molecule has 5 rings (SSSR count). The second-order valence-corrected chi connectivity index (χ2v) is 6.30. The van der Waals surface area contributed by atoms with E-state index in [0.717, 1.165) is 22.2 Å². The molecule has 125 valence electrons. The highest BCUT2D eigenvalue weighted by Crippen LogP contribution is 2.39. The van der Waals surface area contributed by atoms with Crippen LogP contribution < -0.4 is 5.32 Å². The Bertz CT molecular complexity index is 1180. The van der Waals surface area contributed by atoms with E-state index in [1.165, 1.54) is 0 Å². The summed E-state index contributed by atoms with van der Waals surface area (Å²) in [6.07, 6.45) is 3.66. The first-order chi connectivity index (χ1) is 12.6. The molecule has 0 aliphatic carbocycles. The number of cyclic esters (lactones) is 2. The van der Waals surface area contributed by atoms with Crippen LogP contribution in [0.1, 0.15) is 11.1 Å². The van der Waals surface area contributed by atoms with Gasteiger partial charge in [0.25, 0.3) is 0 Å². The van der Waals surface area contributed by atoms with Crippen molar-refractivity contribution in [2.45, 2.75) is 0 Å². The van der Waals surface area contributed by atoms with Gasteiger partial charge >= 0.3 is 11.9 Å². The number of benzene rings is 2. The Labute approximate surface area is 149 Å². The number of rotatable bonds is 2. The normalized spacial score (nSPS) is 16.0. The van der Waals surface area contributed by atoms with Crippen LogP contribution in [0.4, 0.5) is 5.69 Å². The summed E-state index contributed by atoms with van der Waals surface area (Å²) in [7, 11) is 1.91. The molecule has 5 nitrogen and oxygen atoms in total. The van der Waals surface area contributed by atoms with Crippen molar-refractivity contribution < 1.29 is 14.3 Å². The first kappa shape index (κ1) is 14.7. The molecule has 5 heteroatoms. The molecule has 2 aromatic carbocycles. The van der Waals surface area contributed by atoms with Gasteiger partial charge in [0.2, 0.25) is 0 Å². The lowest BCUT2D eigenvalue weighted by Crippen LogP contribution is -2.06. The second kappa shape index (κ2) is 5.20. The minimum atomic E-state index is -0.652. The largest absolute Gasteiger partial charge is 0.386 e. The number of hydrogen-bond donors (Lipinski definition) is 0. The van der Waals surface area contributed by atoms with Crippen LogP contribution in [0.5, 0.6) is 0 Å². The van der Waals surface area contributed by atoms with Gasteiger partial charge in [-0.3, -0.25) is 0 Å². The van der Waals surface area contributed by atoms with Crippen LogP contribution in [-0.2, 0) is 21.4 Å². The van der Waals surface area contributed by atoms with E-state index in [1.807, 2.05) is 72.4 Å². The Morgan fingerprint density at radius 2 is 1.65 bits per heavy atom. The van der Waals surface area contributed by atoms with Crippen LogP contribution in [0.15, 0.2) is 66.0 Å². The van der Waals surface area contributed by atoms with Gasteiger partial charge in [0.1, 0.15) is 5.57 Å². The van der Waals surface area contributed by atoms with Gasteiger partial charge in [-0.15, -0.1) is 0 Å². The molecule has 0 unspecified atom stereocenters. The van der Waals surface area contributed by atoms with Gasteiger partial charge in [-0.2, -0.15) is 0 Å². The van der Waals surface area contributed by atoms with Crippen LogP contribution in [0.25, 0.3) is 22.6 Å². The SMILES string of the molecule is Cn1cc(C2=C(C3=Cc4ccccc4[N]3)C(=O)OC2=O)c2ccccc21. The van der Waals surface area contributed by atoms with Gasteiger partial charge in [-0.25, -0.2) is 14.9 Å². The lowest BCUT2D eigenvalue weighted by molar-refractivity contribution is -0.150. The van der Waals surface area contributed by atoms with E-state index in [2.05, 4.69) is 5.32 Å². The van der Waals surface area contributed by atoms with E-state index >= 15 is 0 Å². The number of hydrogen-bond acceptors (Lipinski definition) is 3. The van der Waals surface area contributed by atoms with E-state index < -0.39 is 11.9 Å². The Morgan fingerprint density at radius 3 is 2.50 bits per heavy atom. The molecule has 1 radical (unpaired) electrons. The molecule has 3 heterocycles. The Balaban J connectivity index is 1.75. The maximum absolute atomic E-state index is 12.5. The summed E-state index contributed by atoms with van der Waals surface area (Å²) in [5, 5.41) is 5.42. The monoisotopic (exact) mass is 341 g/mol. The molecule has 26 heavy (non-hydrogen) atoms. The zero-order chi connectivity index (χ0) is 17.8. The maximum Gasteiger partial charge on any atom is 0.349 e. The third-order valence-corrected chi connectivity index (χ3v) is 4.74. The molecule has 0 spiro atoms. The molecule has 0 amide bonds. The number of para-hydroxylation sites is 2. The number of carbonyl (C=O) groups is 2. The number of fused-ring (bicyclic) bond motifs is 2. The first-order valence-electron chi connectivity index (χ1n) is 8.21. The average Bonchev–Trinajstić information content (AvgIpc) is 3.28. The van der Waals surface area contributed by atoms with Crippen molar-refractivity contribution in [3.8, 4) is 0 Å². The van der Waals surface area contributed by atoms with Gasteiger partial charge in [0.15, 0.2) is 0 Å². The van der Waals surface area contributed by atoms with Crippen LogP contribution in [-0.4, -0.2) is 16.5 Å². The maximum atomic E-state index is 12.5. The number of carbonyl (C=O) groups excluding carboxylic acids is 2. The van der Waals surface area contributed by atoms with Crippen molar-refractivity contribution >= 4 is 40.2 Å². The quantitative estimate of drug-likeness (QED) is 0.531. The highest BCUT2D eigenvalue weighted by Gasteiger charge is 2.39. The van der Waals surface area contributed by atoms with Crippen molar-refractivity contribution in [2.24, 2.45) is 7.05 Å². The topological polar surface area (TPSA) is 62.4 Å². The fraction of sp³-hybridized carbons (Fsp3) is 0.0476. The lowest BCUT2D eigenvalue weighted by atomic mass is 9.99. The van der Waals surface area contributed by atoms with Crippen LogP contribution >= 0.6 is 0 Å². The standard InChI is InChI=1S/C21H13N2O3/c1-23-11-14(13-7-3-5-9-17(13)23)18-19(21(25)26-20(18)24)16-10-12-6-2-4-8-15(12)22-16/h2-11H,1H3. The minimum absolute atomic E-state index is 0.225. The highest BCUT2D eigenvalue weighted by molar-refractivity contribution is 6.34. The molecule has 0 saturated heterocycles. The van der Waals surface area contributed by atoms with Gasteiger partial charge in [-0.05, 0) is 18.2 Å². The predicted octanol–water partition coefficient (Wildman–Crippen LogP) is 3.31. The number of esters is 2. The van der Waals surface area contributed by atoms with Crippen LogP contribution in [0.2, 0.25) is 0 Å². The third-order valence-electron chi connectivity index (χ3n) is 4.74. The van der Waals surface area contributed by atoms with Crippen molar-refractivity contribution in [3.05, 3.63) is 77.1 Å². The van der Waals surface area contributed by atoms with E-state index in [-0.39, 0.29) is 11.1 Å². The van der Waals surface area contributed by atoms with Crippen LogP contribution in [0.3, 0.4) is 0 Å². The minimum Gasteiger partial charge on any atom is -0.386 e. The highest BCUT2D eigenvalue weighted by atomic mass is 16.6. The molecule has 3 aromatic rings. The summed E-state index contributed by atoms with van der Waals surface area (Å²) in [4.78, 5) is 24.9. The molecule has 0 N–H and O–H groups in total. The second-order valence-electron chi connectivity index (χ2n) is 6.30. The number of nitrogens with zero attached hydrogens (tertiary/aromatic N) is 2. The zero-order valence-corrected chi connectivity index (χ0v) is 13.9. The number of aromatic nitrogens is 1. The Kier molecular flexibility index (Phi) is 2.94. The predicted molar refractivity (Wildman–Crippen MR) is 97.2 cm³/mol. The van der Waals surface area contributed by atoms with Gasteiger partial charge in [0, 0.05) is 35.3 Å². The number of ether oxygens (including phenoxy) is 1. The average molecular weight is 341 g/mol. The zero-order valence-electron chi connectivity index (χ0n) is 13.9. The molecule has 2 aliphatic heterocycles. The van der Waals surface area contributed by atoms with Gasteiger partial charge in [0.05, 0.1) is 17.0 Å². The van der Waals surface area contributed by atoms with E-state index in [4.69, 9.17) is 4.74 Å². The van der Waals surface area contributed by atoms with Crippen molar-refractivity contribution in [1.29, 1.82) is 0 Å². The first-order valence-corrected chi connectivity index (χ1v) is 8.21.